The lowest BCUT2D eigenvalue weighted by atomic mass is 10.00. The van der Waals surface area contributed by atoms with Crippen molar-refractivity contribution in [2.24, 2.45) is 5.92 Å². The van der Waals surface area contributed by atoms with E-state index in [9.17, 15) is 4.79 Å². The smallest absolute Gasteiger partial charge is 0.248 e. The van der Waals surface area contributed by atoms with Gasteiger partial charge in [-0.15, -0.1) is 0 Å². The molecule has 1 aliphatic heterocycles. The third kappa shape index (κ3) is 4.94. The normalized spacial score (nSPS) is 17.8. The number of rotatable bonds is 5. The van der Waals surface area contributed by atoms with Gasteiger partial charge in [0, 0.05) is 26.8 Å². The minimum Gasteiger partial charge on any atom is -0.381 e. The molecule has 0 atom stereocenters. The highest BCUT2D eigenvalue weighted by molar-refractivity contribution is 5.77. The standard InChI is InChI=1S/C12H23NO3/c1-10(2)16-9-12(14)13(3)8-11-4-6-15-7-5-11/h10-11H,4-9H2,1-3H3. The van der Waals surface area contributed by atoms with Crippen LogP contribution in [0, 0.1) is 5.92 Å². The van der Waals surface area contributed by atoms with Crippen molar-refractivity contribution < 1.29 is 14.3 Å². The number of carbonyl (C=O) groups is 1. The number of likely N-dealkylation sites (N-methyl/N-ethyl adjacent to an activating group) is 1. The van der Waals surface area contributed by atoms with E-state index >= 15 is 0 Å². The molecular formula is C12H23NO3. The highest BCUT2D eigenvalue weighted by Crippen LogP contribution is 2.15. The number of nitrogens with zero attached hydrogens (tertiary/aromatic N) is 1. The van der Waals surface area contributed by atoms with Crippen LogP contribution in [-0.4, -0.2) is 50.3 Å². The van der Waals surface area contributed by atoms with Crippen molar-refractivity contribution >= 4 is 5.91 Å². The molecule has 16 heavy (non-hydrogen) atoms. The van der Waals surface area contributed by atoms with Crippen LogP contribution in [0.4, 0.5) is 0 Å². The van der Waals surface area contributed by atoms with Crippen molar-refractivity contribution in [3.8, 4) is 0 Å². The molecule has 1 amide bonds. The first kappa shape index (κ1) is 13.5. The summed E-state index contributed by atoms with van der Waals surface area (Å²) >= 11 is 0. The first-order valence-corrected chi connectivity index (χ1v) is 6.03. The van der Waals surface area contributed by atoms with E-state index in [-0.39, 0.29) is 18.6 Å². The van der Waals surface area contributed by atoms with E-state index in [1.54, 1.807) is 4.90 Å². The molecule has 0 unspecified atom stereocenters. The molecule has 0 spiro atoms. The Morgan fingerprint density at radius 3 is 2.62 bits per heavy atom. The molecule has 1 fully saturated rings. The molecule has 4 nitrogen and oxygen atoms in total. The van der Waals surface area contributed by atoms with Crippen molar-refractivity contribution in [2.45, 2.75) is 32.8 Å². The molecular weight excluding hydrogens is 206 g/mol. The van der Waals surface area contributed by atoms with Crippen molar-refractivity contribution in [1.82, 2.24) is 4.90 Å². The molecule has 0 aliphatic carbocycles. The summed E-state index contributed by atoms with van der Waals surface area (Å²) in [6.45, 7) is 6.54. The predicted octanol–water partition coefficient (Wildman–Crippen LogP) is 1.30. The minimum atomic E-state index is 0.0696. The molecule has 1 aliphatic rings. The molecule has 0 saturated carbocycles. The van der Waals surface area contributed by atoms with Gasteiger partial charge in [-0.2, -0.15) is 0 Å². The lowest BCUT2D eigenvalue weighted by Crippen LogP contribution is -2.36. The molecule has 0 N–H and O–H groups in total. The van der Waals surface area contributed by atoms with E-state index in [0.717, 1.165) is 32.6 Å². The van der Waals surface area contributed by atoms with Crippen LogP contribution in [-0.2, 0) is 14.3 Å². The minimum absolute atomic E-state index is 0.0696. The Morgan fingerprint density at radius 1 is 1.44 bits per heavy atom. The Hall–Kier alpha value is -0.610. The highest BCUT2D eigenvalue weighted by atomic mass is 16.5. The fraction of sp³-hybridized carbons (Fsp3) is 0.917. The van der Waals surface area contributed by atoms with Gasteiger partial charge in [0.05, 0.1) is 6.10 Å². The Morgan fingerprint density at radius 2 is 2.06 bits per heavy atom. The molecule has 4 heteroatoms. The van der Waals surface area contributed by atoms with Gasteiger partial charge in [-0.05, 0) is 32.6 Å². The molecule has 1 saturated heterocycles. The zero-order valence-corrected chi connectivity index (χ0v) is 10.6. The van der Waals surface area contributed by atoms with Crippen LogP contribution >= 0.6 is 0 Å². The van der Waals surface area contributed by atoms with Crippen molar-refractivity contribution in [3.63, 3.8) is 0 Å². The van der Waals surface area contributed by atoms with Gasteiger partial charge in [0.15, 0.2) is 0 Å². The number of hydrogen-bond donors (Lipinski definition) is 0. The topological polar surface area (TPSA) is 38.8 Å². The maximum absolute atomic E-state index is 11.7. The number of amides is 1. The van der Waals surface area contributed by atoms with E-state index in [1.807, 2.05) is 20.9 Å². The monoisotopic (exact) mass is 229 g/mol. The van der Waals surface area contributed by atoms with Gasteiger partial charge in [-0.1, -0.05) is 0 Å². The Labute approximate surface area is 97.9 Å². The number of carbonyl (C=O) groups excluding carboxylic acids is 1. The largest absolute Gasteiger partial charge is 0.381 e. The van der Waals surface area contributed by atoms with Crippen LogP contribution in [0.1, 0.15) is 26.7 Å². The van der Waals surface area contributed by atoms with Gasteiger partial charge < -0.3 is 14.4 Å². The van der Waals surface area contributed by atoms with Gasteiger partial charge in [0.25, 0.3) is 0 Å². The lowest BCUT2D eigenvalue weighted by Gasteiger charge is -2.27. The second-order valence-corrected chi connectivity index (χ2v) is 4.69. The van der Waals surface area contributed by atoms with Gasteiger partial charge >= 0.3 is 0 Å². The predicted molar refractivity (Wildman–Crippen MR) is 62.3 cm³/mol. The summed E-state index contributed by atoms with van der Waals surface area (Å²) in [5.74, 6) is 0.655. The molecule has 1 heterocycles. The number of hydrogen-bond acceptors (Lipinski definition) is 3. The fourth-order valence-electron chi connectivity index (χ4n) is 1.77. The maximum Gasteiger partial charge on any atom is 0.248 e. The zero-order valence-electron chi connectivity index (χ0n) is 10.6. The Bertz CT molecular complexity index is 212. The van der Waals surface area contributed by atoms with Gasteiger partial charge in [-0.25, -0.2) is 0 Å². The van der Waals surface area contributed by atoms with E-state index in [4.69, 9.17) is 9.47 Å². The summed E-state index contributed by atoms with van der Waals surface area (Å²) in [5, 5.41) is 0. The van der Waals surface area contributed by atoms with Crippen molar-refractivity contribution in [2.75, 3.05) is 33.4 Å². The van der Waals surface area contributed by atoms with Crippen LogP contribution in [0.2, 0.25) is 0 Å². The first-order chi connectivity index (χ1) is 7.59. The number of ether oxygens (including phenoxy) is 2. The average Bonchev–Trinajstić information content (AvgIpc) is 2.27. The zero-order chi connectivity index (χ0) is 12.0. The van der Waals surface area contributed by atoms with E-state index in [2.05, 4.69) is 0 Å². The van der Waals surface area contributed by atoms with E-state index < -0.39 is 0 Å². The van der Waals surface area contributed by atoms with E-state index in [1.165, 1.54) is 0 Å². The molecule has 0 aromatic carbocycles. The molecule has 1 rings (SSSR count). The van der Waals surface area contributed by atoms with Gasteiger partial charge in [0.1, 0.15) is 6.61 Å². The second kappa shape index (κ2) is 6.86. The van der Waals surface area contributed by atoms with Crippen LogP contribution in [0.3, 0.4) is 0 Å². The van der Waals surface area contributed by atoms with Crippen LogP contribution in [0.25, 0.3) is 0 Å². The Balaban J connectivity index is 2.21. The summed E-state index contributed by atoms with van der Waals surface area (Å²) in [7, 11) is 1.85. The average molecular weight is 229 g/mol. The summed E-state index contributed by atoms with van der Waals surface area (Å²) in [6.07, 6.45) is 2.23. The fourth-order valence-corrected chi connectivity index (χ4v) is 1.77. The Kier molecular flexibility index (Phi) is 5.77. The molecule has 0 radical (unpaired) electrons. The van der Waals surface area contributed by atoms with Crippen LogP contribution in [0.5, 0.6) is 0 Å². The second-order valence-electron chi connectivity index (χ2n) is 4.69. The molecule has 0 aromatic heterocycles. The van der Waals surface area contributed by atoms with Crippen LogP contribution < -0.4 is 0 Å². The van der Waals surface area contributed by atoms with Crippen molar-refractivity contribution in [1.29, 1.82) is 0 Å². The highest BCUT2D eigenvalue weighted by Gasteiger charge is 2.18. The van der Waals surface area contributed by atoms with Crippen LogP contribution in [0.15, 0.2) is 0 Å². The van der Waals surface area contributed by atoms with E-state index in [0.29, 0.717) is 5.92 Å². The summed E-state index contributed by atoms with van der Waals surface area (Å²) in [5.41, 5.74) is 0. The summed E-state index contributed by atoms with van der Waals surface area (Å²) in [6, 6.07) is 0. The van der Waals surface area contributed by atoms with Gasteiger partial charge in [0.2, 0.25) is 5.91 Å². The molecule has 94 valence electrons. The summed E-state index contributed by atoms with van der Waals surface area (Å²) < 4.78 is 10.6. The molecule has 0 aromatic rings. The van der Waals surface area contributed by atoms with Crippen molar-refractivity contribution in [3.05, 3.63) is 0 Å². The lowest BCUT2D eigenvalue weighted by molar-refractivity contribution is -0.137. The third-order valence-corrected chi connectivity index (χ3v) is 2.84. The summed E-state index contributed by atoms with van der Waals surface area (Å²) in [4.78, 5) is 13.5. The maximum atomic E-state index is 11.7. The first-order valence-electron chi connectivity index (χ1n) is 6.03. The molecule has 0 bridgehead atoms. The third-order valence-electron chi connectivity index (χ3n) is 2.84. The SMILES string of the molecule is CC(C)OCC(=O)N(C)CC1CCOCC1. The van der Waals surface area contributed by atoms with Gasteiger partial charge in [-0.3, -0.25) is 4.79 Å². The quantitative estimate of drug-likeness (QED) is 0.713.